The highest BCUT2D eigenvalue weighted by molar-refractivity contribution is 5.54. The number of methoxy groups -OCH3 is 4. The minimum absolute atomic E-state index is 0.0180. The van der Waals surface area contributed by atoms with Crippen molar-refractivity contribution in [1.29, 1.82) is 0 Å². The highest BCUT2D eigenvalue weighted by Crippen LogP contribution is 2.46. The van der Waals surface area contributed by atoms with Crippen LogP contribution in [-0.2, 0) is 20.6 Å². The molecular formula is C28H38O13. The van der Waals surface area contributed by atoms with Gasteiger partial charge in [0.15, 0.2) is 29.3 Å². The lowest BCUT2D eigenvalue weighted by Crippen LogP contribution is -2.59. The van der Waals surface area contributed by atoms with Crippen molar-refractivity contribution in [3.63, 3.8) is 0 Å². The number of ether oxygens (including phenoxy) is 7. The molecule has 2 saturated heterocycles. The molecule has 0 amide bonds. The fraction of sp³-hybridized carbons (Fsp3) is 0.571. The largest absolute Gasteiger partial charge is 0.502 e. The van der Waals surface area contributed by atoms with E-state index in [1.165, 1.54) is 28.4 Å². The van der Waals surface area contributed by atoms with Gasteiger partial charge in [-0.25, -0.2) is 0 Å². The van der Waals surface area contributed by atoms with E-state index in [9.17, 15) is 30.6 Å². The summed E-state index contributed by atoms with van der Waals surface area (Å²) in [6, 6.07) is 6.68. The van der Waals surface area contributed by atoms with Crippen molar-refractivity contribution in [3.05, 3.63) is 35.4 Å². The molecule has 0 aliphatic carbocycles. The van der Waals surface area contributed by atoms with Crippen LogP contribution in [0.25, 0.3) is 0 Å². The van der Waals surface area contributed by atoms with Crippen LogP contribution >= 0.6 is 0 Å². The zero-order valence-electron chi connectivity index (χ0n) is 23.3. The molecule has 2 aliphatic heterocycles. The summed E-state index contributed by atoms with van der Waals surface area (Å²) < 4.78 is 39.0. The number of benzene rings is 2. The molecule has 2 heterocycles. The minimum atomic E-state index is -1.58. The van der Waals surface area contributed by atoms with E-state index in [0.717, 1.165) is 5.56 Å². The number of hydrogen-bond donors (Lipinski definition) is 6. The standard InChI is InChI=1S/C28H38O13/c1-35-17-6-13(7-18(36-2)22(17)30)5-15-11-39-27(14-8-19(37-3)23(31)20(9-14)38-4)16(15)12-40-28-26(34)25(33)24(32)21(10-29)41-28/h6-9,15-16,21,24-34H,5,10-12H2,1-4H3/t15-,16-,21+,24+,25-,26+,27+,28+/m0/s1. The van der Waals surface area contributed by atoms with Gasteiger partial charge < -0.3 is 63.8 Å². The lowest BCUT2D eigenvalue weighted by Gasteiger charge is -2.40. The van der Waals surface area contributed by atoms with E-state index in [-0.39, 0.29) is 52.9 Å². The summed E-state index contributed by atoms with van der Waals surface area (Å²) in [6.07, 6.45) is -7.22. The van der Waals surface area contributed by atoms with Crippen LogP contribution in [0.4, 0.5) is 0 Å². The van der Waals surface area contributed by atoms with Gasteiger partial charge in [-0.2, -0.15) is 0 Å². The Bertz CT molecular complexity index is 1120. The number of aliphatic hydroxyl groups excluding tert-OH is 4. The third-order valence-electron chi connectivity index (χ3n) is 7.65. The van der Waals surface area contributed by atoms with Crippen LogP contribution in [-0.4, -0.2) is 110 Å². The van der Waals surface area contributed by atoms with Crippen molar-refractivity contribution in [1.82, 2.24) is 0 Å². The average Bonchev–Trinajstić information content (AvgIpc) is 3.38. The minimum Gasteiger partial charge on any atom is -0.502 e. The SMILES string of the molecule is COc1cc(C[C@H]2CO[C@H](c3cc(OC)c(O)c(OC)c3)[C@H]2CO[C@@H]2O[C@H](CO)[C@@H](O)[C@H](O)[C@H]2O)cc(OC)c1O. The maximum Gasteiger partial charge on any atom is 0.200 e. The summed E-state index contributed by atoms with van der Waals surface area (Å²) in [7, 11) is 5.72. The fourth-order valence-electron chi connectivity index (χ4n) is 5.36. The molecule has 2 aromatic carbocycles. The number of hydrogen-bond acceptors (Lipinski definition) is 13. The maximum atomic E-state index is 10.5. The van der Waals surface area contributed by atoms with Gasteiger partial charge >= 0.3 is 0 Å². The van der Waals surface area contributed by atoms with Crippen LogP contribution in [0, 0.1) is 11.8 Å². The molecule has 228 valence electrons. The summed E-state index contributed by atoms with van der Waals surface area (Å²) >= 11 is 0. The molecule has 0 spiro atoms. The third-order valence-corrected chi connectivity index (χ3v) is 7.65. The molecule has 4 rings (SSSR count). The molecule has 0 bridgehead atoms. The van der Waals surface area contributed by atoms with E-state index >= 15 is 0 Å². The summed E-state index contributed by atoms with van der Waals surface area (Å²) in [5.41, 5.74) is 1.44. The Morgan fingerprint density at radius 2 is 1.32 bits per heavy atom. The number of phenols is 2. The number of rotatable bonds is 11. The lowest BCUT2D eigenvalue weighted by atomic mass is 9.84. The van der Waals surface area contributed by atoms with Gasteiger partial charge in [0.25, 0.3) is 0 Å². The third kappa shape index (κ3) is 6.26. The second-order valence-electron chi connectivity index (χ2n) is 10.0. The molecule has 0 aromatic heterocycles. The first-order valence-electron chi connectivity index (χ1n) is 13.1. The molecule has 6 N–H and O–H groups in total. The van der Waals surface area contributed by atoms with E-state index in [2.05, 4.69) is 0 Å². The molecule has 41 heavy (non-hydrogen) atoms. The van der Waals surface area contributed by atoms with Crippen molar-refractivity contribution >= 4 is 0 Å². The molecule has 2 aliphatic rings. The number of aliphatic hydroxyl groups is 4. The Morgan fingerprint density at radius 1 is 0.780 bits per heavy atom. The van der Waals surface area contributed by atoms with E-state index in [1.54, 1.807) is 24.3 Å². The maximum absolute atomic E-state index is 10.5. The van der Waals surface area contributed by atoms with Gasteiger partial charge in [-0.3, -0.25) is 0 Å². The highest BCUT2D eigenvalue weighted by atomic mass is 16.7. The first-order valence-corrected chi connectivity index (χ1v) is 13.1. The van der Waals surface area contributed by atoms with Crippen LogP contribution in [0.5, 0.6) is 34.5 Å². The van der Waals surface area contributed by atoms with Crippen molar-refractivity contribution < 1.29 is 63.8 Å². The van der Waals surface area contributed by atoms with Gasteiger partial charge in [-0.05, 0) is 47.7 Å². The van der Waals surface area contributed by atoms with E-state index in [4.69, 9.17) is 33.2 Å². The van der Waals surface area contributed by atoms with E-state index < -0.39 is 43.4 Å². The van der Waals surface area contributed by atoms with Crippen LogP contribution < -0.4 is 18.9 Å². The topological polar surface area (TPSA) is 186 Å². The monoisotopic (exact) mass is 582 g/mol. The summed E-state index contributed by atoms with van der Waals surface area (Å²) in [5.74, 6) is 0.0485. The quantitative estimate of drug-likeness (QED) is 0.215. The van der Waals surface area contributed by atoms with Gasteiger partial charge in [0, 0.05) is 5.92 Å². The second kappa shape index (κ2) is 13.3. The van der Waals surface area contributed by atoms with Crippen LogP contribution in [0.3, 0.4) is 0 Å². The van der Waals surface area contributed by atoms with Crippen molar-refractivity contribution in [2.24, 2.45) is 11.8 Å². The zero-order valence-corrected chi connectivity index (χ0v) is 23.3. The van der Waals surface area contributed by atoms with Gasteiger partial charge in [0.2, 0.25) is 11.5 Å². The van der Waals surface area contributed by atoms with Gasteiger partial charge in [-0.15, -0.1) is 0 Å². The normalized spacial score (nSPS) is 29.8. The van der Waals surface area contributed by atoms with Gasteiger partial charge in [0.05, 0.1) is 54.4 Å². The molecule has 2 fully saturated rings. The van der Waals surface area contributed by atoms with Crippen LogP contribution in [0.2, 0.25) is 0 Å². The predicted octanol–water partition coefficient (Wildman–Crippen LogP) is 0.495. The number of aromatic hydroxyl groups is 2. The van der Waals surface area contributed by atoms with Crippen LogP contribution in [0.15, 0.2) is 24.3 Å². The zero-order chi connectivity index (χ0) is 29.8. The molecule has 13 heteroatoms. The average molecular weight is 583 g/mol. The molecule has 2 aromatic rings. The van der Waals surface area contributed by atoms with Crippen molar-refractivity contribution in [2.45, 2.75) is 43.2 Å². The van der Waals surface area contributed by atoms with Crippen LogP contribution in [0.1, 0.15) is 17.2 Å². The first kappa shape index (κ1) is 30.9. The molecule has 13 nitrogen and oxygen atoms in total. The van der Waals surface area contributed by atoms with E-state index in [1.807, 2.05) is 0 Å². The van der Waals surface area contributed by atoms with Gasteiger partial charge in [-0.1, -0.05) is 0 Å². The Labute approximate surface area is 237 Å². The molecule has 0 radical (unpaired) electrons. The smallest absolute Gasteiger partial charge is 0.200 e. The fourth-order valence-corrected chi connectivity index (χ4v) is 5.36. The Morgan fingerprint density at radius 3 is 1.83 bits per heavy atom. The molecule has 0 unspecified atom stereocenters. The number of phenolic OH excluding ortho intramolecular Hbond substituents is 2. The van der Waals surface area contributed by atoms with E-state index in [0.29, 0.717) is 18.6 Å². The molecular weight excluding hydrogens is 544 g/mol. The van der Waals surface area contributed by atoms with Crippen molar-refractivity contribution in [2.75, 3.05) is 48.3 Å². The Hall–Kier alpha value is -3.04. The second-order valence-corrected chi connectivity index (χ2v) is 10.0. The van der Waals surface area contributed by atoms with Gasteiger partial charge in [0.1, 0.15) is 24.4 Å². The van der Waals surface area contributed by atoms with Crippen molar-refractivity contribution in [3.8, 4) is 34.5 Å². The molecule has 8 atom stereocenters. The Kier molecular flexibility index (Phi) is 10.0. The highest BCUT2D eigenvalue weighted by Gasteiger charge is 2.46. The summed E-state index contributed by atoms with van der Waals surface area (Å²) in [5, 5.41) is 61.1. The first-order chi connectivity index (χ1) is 19.7. The molecule has 0 saturated carbocycles. The lowest BCUT2D eigenvalue weighted by molar-refractivity contribution is -0.304. The summed E-state index contributed by atoms with van der Waals surface area (Å²) in [6.45, 7) is -0.305. The summed E-state index contributed by atoms with van der Waals surface area (Å²) in [4.78, 5) is 0. The Balaban J connectivity index is 1.65. The predicted molar refractivity (Wildman–Crippen MR) is 142 cm³/mol.